The van der Waals surface area contributed by atoms with Gasteiger partial charge >= 0.3 is 0 Å². The number of hydrogen-bond donors (Lipinski definition) is 1. The number of methoxy groups -OCH3 is 1. The summed E-state index contributed by atoms with van der Waals surface area (Å²) in [4.78, 5) is 0. The lowest BCUT2D eigenvalue weighted by atomic mass is 10.2. The summed E-state index contributed by atoms with van der Waals surface area (Å²) in [6.45, 7) is 4.85. The maximum Gasteiger partial charge on any atom is 0.121 e. The average molecular weight is 245 g/mol. The molecule has 0 amide bonds. The predicted molar refractivity (Wildman–Crippen MR) is 73.0 cm³/mol. The third-order valence-corrected chi connectivity index (χ3v) is 2.99. The zero-order valence-electron chi connectivity index (χ0n) is 11.3. The second kappa shape index (κ2) is 5.12. The third kappa shape index (κ3) is 2.64. The monoisotopic (exact) mass is 245 g/mol. The van der Waals surface area contributed by atoms with Gasteiger partial charge in [-0.05, 0) is 37.6 Å². The van der Waals surface area contributed by atoms with Gasteiger partial charge in [-0.25, -0.2) is 0 Å². The van der Waals surface area contributed by atoms with Crippen LogP contribution in [0.2, 0.25) is 0 Å². The van der Waals surface area contributed by atoms with E-state index in [1.54, 1.807) is 7.11 Å². The maximum atomic E-state index is 5.24. The lowest BCUT2D eigenvalue weighted by Crippen LogP contribution is -2.00. The van der Waals surface area contributed by atoms with Crippen LogP contribution in [0.4, 0.5) is 5.69 Å². The van der Waals surface area contributed by atoms with E-state index in [1.165, 1.54) is 5.56 Å². The quantitative estimate of drug-likeness (QED) is 0.900. The topological polar surface area (TPSA) is 39.1 Å². The van der Waals surface area contributed by atoms with Crippen LogP contribution in [0.5, 0.6) is 5.75 Å². The third-order valence-electron chi connectivity index (χ3n) is 2.99. The average Bonchev–Trinajstić information content (AvgIpc) is 2.65. The zero-order chi connectivity index (χ0) is 13.1. The van der Waals surface area contributed by atoms with E-state index < -0.39 is 0 Å². The van der Waals surface area contributed by atoms with Crippen molar-refractivity contribution in [2.75, 3.05) is 12.4 Å². The highest BCUT2D eigenvalue weighted by Gasteiger charge is 2.04. The molecule has 0 atom stereocenters. The van der Waals surface area contributed by atoms with Crippen LogP contribution < -0.4 is 10.1 Å². The van der Waals surface area contributed by atoms with Crippen molar-refractivity contribution < 1.29 is 4.74 Å². The molecule has 0 saturated heterocycles. The summed E-state index contributed by atoms with van der Waals surface area (Å²) < 4.78 is 7.08. The fourth-order valence-electron chi connectivity index (χ4n) is 2.01. The Morgan fingerprint density at radius 2 is 2.11 bits per heavy atom. The van der Waals surface area contributed by atoms with Gasteiger partial charge in [0.1, 0.15) is 5.75 Å². The van der Waals surface area contributed by atoms with Gasteiger partial charge in [0.05, 0.1) is 12.8 Å². The first-order valence-corrected chi connectivity index (χ1v) is 5.98. The Morgan fingerprint density at radius 1 is 1.33 bits per heavy atom. The SMILES string of the molecule is COc1ccc(NCc2cn(C)nc2C)cc1C. The summed E-state index contributed by atoms with van der Waals surface area (Å²) >= 11 is 0. The minimum Gasteiger partial charge on any atom is -0.496 e. The first-order chi connectivity index (χ1) is 8.60. The van der Waals surface area contributed by atoms with Gasteiger partial charge in [0.2, 0.25) is 0 Å². The molecular weight excluding hydrogens is 226 g/mol. The summed E-state index contributed by atoms with van der Waals surface area (Å²) in [7, 11) is 3.63. The number of ether oxygens (including phenoxy) is 1. The Labute approximate surface area is 108 Å². The number of rotatable bonds is 4. The smallest absolute Gasteiger partial charge is 0.121 e. The lowest BCUT2D eigenvalue weighted by Gasteiger charge is -2.09. The number of anilines is 1. The first-order valence-electron chi connectivity index (χ1n) is 5.98. The molecule has 1 N–H and O–H groups in total. The van der Waals surface area contributed by atoms with E-state index in [4.69, 9.17) is 4.74 Å². The number of nitrogens with one attached hydrogen (secondary N) is 1. The lowest BCUT2D eigenvalue weighted by molar-refractivity contribution is 0.412. The van der Waals surface area contributed by atoms with Crippen LogP contribution in [0.15, 0.2) is 24.4 Å². The van der Waals surface area contributed by atoms with Crippen molar-refractivity contribution in [2.45, 2.75) is 20.4 Å². The first kappa shape index (κ1) is 12.5. The molecule has 2 rings (SSSR count). The second-order valence-electron chi connectivity index (χ2n) is 4.45. The van der Waals surface area contributed by atoms with E-state index in [0.717, 1.165) is 29.2 Å². The van der Waals surface area contributed by atoms with Gasteiger partial charge in [-0.3, -0.25) is 4.68 Å². The molecule has 0 saturated carbocycles. The van der Waals surface area contributed by atoms with E-state index >= 15 is 0 Å². The van der Waals surface area contributed by atoms with Crippen LogP contribution >= 0.6 is 0 Å². The van der Waals surface area contributed by atoms with Gasteiger partial charge in [0.15, 0.2) is 0 Å². The van der Waals surface area contributed by atoms with Gasteiger partial charge in [-0.2, -0.15) is 5.10 Å². The molecule has 2 aromatic rings. The molecule has 0 bridgehead atoms. The van der Waals surface area contributed by atoms with Crippen molar-refractivity contribution in [2.24, 2.45) is 7.05 Å². The Hall–Kier alpha value is -1.97. The molecular formula is C14H19N3O. The number of benzene rings is 1. The number of aromatic nitrogens is 2. The van der Waals surface area contributed by atoms with Gasteiger partial charge in [0, 0.05) is 31.0 Å². The summed E-state index contributed by atoms with van der Waals surface area (Å²) in [5.41, 5.74) is 4.50. The Morgan fingerprint density at radius 3 is 2.67 bits per heavy atom. The molecule has 0 spiro atoms. The zero-order valence-corrected chi connectivity index (χ0v) is 11.3. The molecule has 4 heteroatoms. The van der Waals surface area contributed by atoms with Crippen LogP contribution in [0.1, 0.15) is 16.8 Å². The predicted octanol–water partition coefficient (Wildman–Crippen LogP) is 2.66. The summed E-state index contributed by atoms with van der Waals surface area (Å²) in [6, 6.07) is 6.09. The molecule has 1 aromatic heterocycles. The summed E-state index contributed by atoms with van der Waals surface area (Å²) in [5, 5.41) is 7.72. The Balaban J connectivity index is 2.06. The van der Waals surface area contributed by atoms with Crippen molar-refractivity contribution in [1.29, 1.82) is 0 Å². The van der Waals surface area contributed by atoms with Crippen molar-refractivity contribution in [1.82, 2.24) is 9.78 Å². The minimum atomic E-state index is 0.783. The van der Waals surface area contributed by atoms with Gasteiger partial charge in [-0.1, -0.05) is 0 Å². The van der Waals surface area contributed by atoms with Crippen LogP contribution in [0.25, 0.3) is 0 Å². The molecule has 96 valence electrons. The summed E-state index contributed by atoms with van der Waals surface area (Å²) in [6.07, 6.45) is 2.04. The highest BCUT2D eigenvalue weighted by atomic mass is 16.5. The van der Waals surface area contributed by atoms with Crippen molar-refractivity contribution in [3.05, 3.63) is 41.2 Å². The Kier molecular flexibility index (Phi) is 3.55. The largest absolute Gasteiger partial charge is 0.496 e. The van der Waals surface area contributed by atoms with E-state index in [2.05, 4.69) is 16.5 Å². The van der Waals surface area contributed by atoms with E-state index in [9.17, 15) is 0 Å². The fourth-order valence-corrected chi connectivity index (χ4v) is 2.01. The van der Waals surface area contributed by atoms with Crippen LogP contribution in [0, 0.1) is 13.8 Å². The summed E-state index contributed by atoms with van der Waals surface area (Å²) in [5.74, 6) is 0.915. The Bertz CT molecular complexity index is 546. The molecule has 0 fully saturated rings. The van der Waals surface area contributed by atoms with E-state index in [1.807, 2.05) is 43.9 Å². The highest BCUT2D eigenvalue weighted by molar-refractivity contribution is 5.51. The normalized spacial score (nSPS) is 10.4. The molecule has 0 aliphatic heterocycles. The van der Waals surface area contributed by atoms with E-state index in [0.29, 0.717) is 0 Å². The molecule has 18 heavy (non-hydrogen) atoms. The number of aryl methyl sites for hydroxylation is 3. The van der Waals surface area contributed by atoms with Crippen molar-refractivity contribution in [3.63, 3.8) is 0 Å². The van der Waals surface area contributed by atoms with E-state index in [-0.39, 0.29) is 0 Å². The van der Waals surface area contributed by atoms with Crippen LogP contribution in [0.3, 0.4) is 0 Å². The molecule has 0 aliphatic carbocycles. The molecule has 0 aliphatic rings. The van der Waals surface area contributed by atoms with Gasteiger partial charge in [-0.15, -0.1) is 0 Å². The van der Waals surface area contributed by atoms with Crippen LogP contribution in [-0.4, -0.2) is 16.9 Å². The van der Waals surface area contributed by atoms with Crippen molar-refractivity contribution >= 4 is 5.69 Å². The van der Waals surface area contributed by atoms with Crippen molar-refractivity contribution in [3.8, 4) is 5.75 Å². The van der Waals surface area contributed by atoms with Gasteiger partial charge in [0.25, 0.3) is 0 Å². The maximum absolute atomic E-state index is 5.24. The number of hydrogen-bond acceptors (Lipinski definition) is 3. The van der Waals surface area contributed by atoms with Gasteiger partial charge < -0.3 is 10.1 Å². The molecule has 1 aromatic carbocycles. The van der Waals surface area contributed by atoms with Crippen LogP contribution in [-0.2, 0) is 13.6 Å². The number of nitrogens with zero attached hydrogens (tertiary/aromatic N) is 2. The molecule has 0 unspecified atom stereocenters. The fraction of sp³-hybridized carbons (Fsp3) is 0.357. The standard InChI is InChI=1S/C14H19N3O/c1-10-7-13(5-6-14(10)18-4)15-8-12-9-17(3)16-11(12)2/h5-7,9,15H,8H2,1-4H3. The molecule has 4 nitrogen and oxygen atoms in total. The minimum absolute atomic E-state index is 0.783. The molecule has 1 heterocycles. The second-order valence-corrected chi connectivity index (χ2v) is 4.45. The highest BCUT2D eigenvalue weighted by Crippen LogP contribution is 2.21. The molecule has 0 radical (unpaired) electrons.